The number of hydrogen-bond donors (Lipinski definition) is 1. The molecule has 1 N–H and O–H groups in total. The van der Waals surface area contributed by atoms with Crippen molar-refractivity contribution in [3.63, 3.8) is 0 Å². The summed E-state index contributed by atoms with van der Waals surface area (Å²) in [5.74, 6) is 0. The number of hydrogen-bond acceptors (Lipinski definition) is 4. The summed E-state index contributed by atoms with van der Waals surface area (Å²) in [7, 11) is 1.92. The number of fused-ring (bicyclic) bond motifs is 2. The van der Waals surface area contributed by atoms with E-state index in [-0.39, 0.29) is 0 Å². The summed E-state index contributed by atoms with van der Waals surface area (Å²) >= 11 is 0. The fraction of sp³-hybridized carbons (Fsp3) is 0.250. The van der Waals surface area contributed by atoms with Gasteiger partial charge in [-0.2, -0.15) is 0 Å². The van der Waals surface area contributed by atoms with E-state index in [2.05, 4.69) is 24.9 Å². The molecule has 0 amide bonds. The van der Waals surface area contributed by atoms with Gasteiger partial charge in [0.2, 0.25) is 0 Å². The van der Waals surface area contributed by atoms with Crippen LogP contribution in [0.5, 0.6) is 0 Å². The maximum absolute atomic E-state index is 10.7. The van der Waals surface area contributed by atoms with E-state index in [9.17, 15) is 5.11 Å². The predicted molar refractivity (Wildman–Crippen MR) is 96.0 cm³/mol. The van der Waals surface area contributed by atoms with Crippen LogP contribution in [0.4, 0.5) is 5.69 Å². The largest absolute Gasteiger partial charge is 0.464 e. The second-order valence-electron chi connectivity index (χ2n) is 6.48. The lowest BCUT2D eigenvalue weighted by Crippen LogP contribution is -2.37. The lowest BCUT2D eigenvalue weighted by Gasteiger charge is -2.36. The Morgan fingerprint density at radius 2 is 2.04 bits per heavy atom. The lowest BCUT2D eigenvalue weighted by molar-refractivity contribution is 0.210. The van der Waals surface area contributed by atoms with Gasteiger partial charge in [-0.1, -0.05) is 6.07 Å². The monoisotopic (exact) mass is 320 g/mol. The van der Waals surface area contributed by atoms with Crippen molar-refractivity contribution >= 4 is 22.2 Å². The van der Waals surface area contributed by atoms with Gasteiger partial charge in [-0.25, -0.2) is 0 Å². The highest BCUT2D eigenvalue weighted by Gasteiger charge is 2.31. The molecule has 1 unspecified atom stereocenters. The zero-order valence-corrected chi connectivity index (χ0v) is 14.3. The summed E-state index contributed by atoms with van der Waals surface area (Å²) in [5.41, 5.74) is 8.17. The van der Waals surface area contributed by atoms with Gasteiger partial charge in [0, 0.05) is 41.5 Å². The number of likely N-dealkylation sites (N-methyl/N-ethyl adjacent to an activating group) is 1. The van der Waals surface area contributed by atoms with Crippen LogP contribution in [0.1, 0.15) is 29.2 Å². The van der Waals surface area contributed by atoms with E-state index in [1.807, 2.05) is 37.2 Å². The molecule has 4 heteroatoms. The normalized spacial score (nSPS) is 17.5. The Bertz CT molecular complexity index is 970. The molecule has 3 aromatic rings. The Morgan fingerprint density at radius 1 is 1.25 bits per heavy atom. The molecule has 1 atom stereocenters. The highest BCUT2D eigenvalue weighted by atomic mass is 16.3. The van der Waals surface area contributed by atoms with E-state index in [0.717, 1.165) is 50.1 Å². The number of anilines is 1. The number of nitrogens with zero attached hydrogens (tertiary/aromatic N) is 2. The summed E-state index contributed by atoms with van der Waals surface area (Å²) in [6.45, 7) is 6.09. The number of aliphatic hydroxyl groups is 1. The molecule has 0 spiro atoms. The molecule has 122 valence electrons. The van der Waals surface area contributed by atoms with E-state index in [1.54, 1.807) is 12.5 Å². The summed E-state index contributed by atoms with van der Waals surface area (Å²) in [5, 5.41) is 11.9. The molecule has 0 saturated carbocycles. The summed E-state index contributed by atoms with van der Waals surface area (Å²) in [6.07, 6.45) is 4.74. The molecule has 4 rings (SSSR count). The Labute approximate surface area is 141 Å². The molecule has 0 saturated heterocycles. The third-order valence-corrected chi connectivity index (χ3v) is 4.98. The number of aliphatic hydroxyl groups excluding tert-OH is 1. The van der Waals surface area contributed by atoms with E-state index in [1.165, 1.54) is 0 Å². The minimum atomic E-state index is -0.667. The first-order chi connectivity index (χ1) is 11.5. The maximum atomic E-state index is 10.7. The van der Waals surface area contributed by atoms with Gasteiger partial charge in [0.15, 0.2) is 0 Å². The van der Waals surface area contributed by atoms with Crippen molar-refractivity contribution in [2.24, 2.45) is 0 Å². The van der Waals surface area contributed by atoms with Gasteiger partial charge in [-0.05, 0) is 49.6 Å². The van der Waals surface area contributed by atoms with Crippen molar-refractivity contribution in [1.82, 2.24) is 4.98 Å². The molecule has 24 heavy (non-hydrogen) atoms. The first-order valence-corrected chi connectivity index (χ1v) is 8.04. The van der Waals surface area contributed by atoms with Crippen LogP contribution in [0.2, 0.25) is 0 Å². The Balaban J connectivity index is 2.12. The molecule has 4 nitrogen and oxygen atoms in total. The van der Waals surface area contributed by atoms with Crippen LogP contribution in [-0.2, 0) is 0 Å². The Hall–Kier alpha value is -2.59. The number of rotatable bonds is 1. The first kappa shape index (κ1) is 15.0. The predicted octanol–water partition coefficient (Wildman–Crippen LogP) is 4.03. The minimum Gasteiger partial charge on any atom is -0.464 e. The molecule has 1 aromatic carbocycles. The van der Waals surface area contributed by atoms with Crippen molar-refractivity contribution in [3.05, 3.63) is 64.7 Å². The van der Waals surface area contributed by atoms with Crippen molar-refractivity contribution < 1.29 is 9.52 Å². The number of aryl methyl sites for hydroxylation is 2. The molecular weight excluding hydrogens is 300 g/mol. The second-order valence-corrected chi connectivity index (χ2v) is 6.48. The van der Waals surface area contributed by atoms with Crippen LogP contribution in [0.15, 0.2) is 46.8 Å². The standard InChI is InChI=1S/C20H20N2O2/c1-11-10-24-19-13(3)18-16(8-15(11)19)17(12(2)20(23)22(18)4)14-6-5-7-21-9-14/h5-10,20,23H,1-4H3. The SMILES string of the molecule is CC1=C(c2cccnc2)c2cc3c(C)coc3c(C)c2N(C)C1O. The maximum Gasteiger partial charge on any atom is 0.149 e. The number of benzene rings is 1. The quantitative estimate of drug-likeness (QED) is 0.735. The Morgan fingerprint density at radius 3 is 2.75 bits per heavy atom. The smallest absolute Gasteiger partial charge is 0.149 e. The van der Waals surface area contributed by atoms with Crippen LogP contribution in [0, 0.1) is 13.8 Å². The molecule has 0 fully saturated rings. The van der Waals surface area contributed by atoms with E-state index < -0.39 is 6.23 Å². The van der Waals surface area contributed by atoms with E-state index >= 15 is 0 Å². The van der Waals surface area contributed by atoms with Crippen molar-refractivity contribution in [2.75, 3.05) is 11.9 Å². The second kappa shape index (κ2) is 5.21. The highest BCUT2D eigenvalue weighted by Crippen LogP contribution is 2.45. The molecule has 0 aliphatic carbocycles. The third kappa shape index (κ3) is 1.93. The van der Waals surface area contributed by atoms with Gasteiger partial charge in [-0.3, -0.25) is 4.98 Å². The molecular formula is C20H20N2O2. The third-order valence-electron chi connectivity index (χ3n) is 4.98. The van der Waals surface area contributed by atoms with E-state index in [4.69, 9.17) is 4.42 Å². The molecule has 3 heterocycles. The average Bonchev–Trinajstić information content (AvgIpc) is 2.95. The summed E-state index contributed by atoms with van der Waals surface area (Å²) in [4.78, 5) is 6.17. The van der Waals surface area contributed by atoms with Gasteiger partial charge in [-0.15, -0.1) is 0 Å². The van der Waals surface area contributed by atoms with Gasteiger partial charge in [0.1, 0.15) is 11.8 Å². The van der Waals surface area contributed by atoms with Crippen molar-refractivity contribution in [2.45, 2.75) is 27.0 Å². The van der Waals surface area contributed by atoms with Crippen LogP contribution in [0.25, 0.3) is 16.5 Å². The fourth-order valence-electron chi connectivity index (χ4n) is 3.74. The Kier molecular flexibility index (Phi) is 3.25. The van der Waals surface area contributed by atoms with Gasteiger partial charge in [0.05, 0.1) is 12.0 Å². The highest BCUT2D eigenvalue weighted by molar-refractivity contribution is 6.00. The van der Waals surface area contributed by atoms with Crippen LogP contribution < -0.4 is 4.90 Å². The molecule has 1 aliphatic rings. The number of furan rings is 1. The van der Waals surface area contributed by atoms with Gasteiger partial charge in [0.25, 0.3) is 0 Å². The molecule has 1 aliphatic heterocycles. The average molecular weight is 320 g/mol. The first-order valence-electron chi connectivity index (χ1n) is 8.04. The topological polar surface area (TPSA) is 49.5 Å². The zero-order valence-electron chi connectivity index (χ0n) is 14.3. The summed E-state index contributed by atoms with van der Waals surface area (Å²) in [6, 6.07) is 6.13. The van der Waals surface area contributed by atoms with Crippen LogP contribution in [0.3, 0.4) is 0 Å². The van der Waals surface area contributed by atoms with Crippen molar-refractivity contribution in [3.8, 4) is 0 Å². The number of aromatic nitrogens is 1. The van der Waals surface area contributed by atoms with Gasteiger partial charge < -0.3 is 14.4 Å². The summed E-state index contributed by atoms with van der Waals surface area (Å²) < 4.78 is 5.76. The van der Waals surface area contributed by atoms with Gasteiger partial charge >= 0.3 is 0 Å². The molecule has 0 radical (unpaired) electrons. The minimum absolute atomic E-state index is 0.667. The molecule has 2 aromatic heterocycles. The van der Waals surface area contributed by atoms with Crippen molar-refractivity contribution in [1.29, 1.82) is 0 Å². The van der Waals surface area contributed by atoms with E-state index in [0.29, 0.717) is 0 Å². The number of pyridine rings is 1. The fourth-order valence-corrected chi connectivity index (χ4v) is 3.74. The van der Waals surface area contributed by atoms with Crippen LogP contribution in [-0.4, -0.2) is 23.4 Å². The lowest BCUT2D eigenvalue weighted by atomic mass is 9.86. The molecule has 0 bridgehead atoms. The van der Waals surface area contributed by atoms with Crippen LogP contribution >= 0.6 is 0 Å². The zero-order chi connectivity index (χ0) is 17.0.